The maximum Gasteiger partial charge on any atom is 0.251 e. The number of hydrogen-bond acceptors (Lipinski definition) is 7. The van der Waals surface area contributed by atoms with Gasteiger partial charge in [0.2, 0.25) is 0 Å². The topological polar surface area (TPSA) is 124 Å². The molecule has 0 heterocycles. The molecule has 0 unspecified atom stereocenters. The summed E-state index contributed by atoms with van der Waals surface area (Å²) in [5.41, 5.74) is 8.44. The quantitative estimate of drug-likeness (QED) is 0.193. The molecule has 0 atom stereocenters. The number of amides is 2. The van der Waals surface area contributed by atoms with Crippen molar-refractivity contribution in [1.82, 2.24) is 10.6 Å². The van der Waals surface area contributed by atoms with Crippen LogP contribution in [-0.4, -0.2) is 71.6 Å². The first-order chi connectivity index (χ1) is 17.6. The van der Waals surface area contributed by atoms with E-state index in [1.807, 2.05) is 33.0 Å². The van der Waals surface area contributed by atoms with Crippen LogP contribution in [0.5, 0.6) is 0 Å². The molecule has 0 saturated carbocycles. The molecule has 0 aliphatic heterocycles. The molecule has 0 bridgehead atoms. The van der Waals surface area contributed by atoms with Gasteiger partial charge in [0.1, 0.15) is 0 Å². The molecule has 2 rings (SSSR count). The zero-order valence-electron chi connectivity index (χ0n) is 21.8. The Bertz CT molecular complexity index is 844. The monoisotopic (exact) mass is 502 g/mol. The fraction of sp³-hybridized carbons (Fsp3) is 0.481. The standard InChI is InChI=1S/C25H36N4O5.C2H6/c1-27-23-10-6-21(7-11-23)25(31)29-13-3-15-33-17-19-34-18-16-32-14-2-12-28-24(30)20-4-8-22(26)9-5-20;1-2/h4-11,27H,2-3,12-19,26H2,1H3,(H,28,30)(H,29,31);1-2H3. The normalized spacial score (nSPS) is 10.2. The molecule has 0 aromatic heterocycles. The van der Waals surface area contributed by atoms with Crippen molar-refractivity contribution in [3.8, 4) is 0 Å². The summed E-state index contributed by atoms with van der Waals surface area (Å²) < 4.78 is 16.5. The van der Waals surface area contributed by atoms with Crippen LogP contribution in [0.4, 0.5) is 11.4 Å². The Morgan fingerprint density at radius 2 is 1.06 bits per heavy atom. The Balaban J connectivity index is 0.00000316. The second kappa shape index (κ2) is 20.1. The lowest BCUT2D eigenvalue weighted by molar-refractivity contribution is 0.0139. The van der Waals surface area contributed by atoms with E-state index in [1.165, 1.54) is 0 Å². The van der Waals surface area contributed by atoms with Gasteiger partial charge in [-0.15, -0.1) is 0 Å². The van der Waals surface area contributed by atoms with E-state index >= 15 is 0 Å². The molecular weight excluding hydrogens is 460 g/mol. The maximum atomic E-state index is 12.0. The van der Waals surface area contributed by atoms with Crippen LogP contribution in [0, 0.1) is 0 Å². The summed E-state index contributed by atoms with van der Waals surface area (Å²) in [6.07, 6.45) is 1.46. The van der Waals surface area contributed by atoms with Gasteiger partial charge in [0.25, 0.3) is 11.8 Å². The highest BCUT2D eigenvalue weighted by molar-refractivity contribution is 5.94. The lowest BCUT2D eigenvalue weighted by Crippen LogP contribution is -2.25. The summed E-state index contributed by atoms with van der Waals surface area (Å²) in [7, 11) is 1.84. The van der Waals surface area contributed by atoms with E-state index in [9.17, 15) is 9.59 Å². The maximum absolute atomic E-state index is 12.0. The highest BCUT2D eigenvalue weighted by Gasteiger charge is 2.05. The lowest BCUT2D eigenvalue weighted by Gasteiger charge is -2.08. The highest BCUT2D eigenvalue weighted by atomic mass is 16.5. The smallest absolute Gasteiger partial charge is 0.251 e. The number of carbonyl (C=O) groups excluding carboxylic acids is 2. The molecule has 0 fully saturated rings. The third kappa shape index (κ3) is 13.7. The van der Waals surface area contributed by atoms with Gasteiger partial charge in [0, 0.05) is 55.9 Å². The van der Waals surface area contributed by atoms with Crippen molar-refractivity contribution in [2.75, 3.05) is 70.8 Å². The van der Waals surface area contributed by atoms with Crippen molar-refractivity contribution in [3.05, 3.63) is 59.7 Å². The van der Waals surface area contributed by atoms with Crippen molar-refractivity contribution in [3.63, 3.8) is 0 Å². The number of nitrogen functional groups attached to an aromatic ring is 1. The summed E-state index contributed by atoms with van der Waals surface area (Å²) in [5.74, 6) is -0.208. The summed E-state index contributed by atoms with van der Waals surface area (Å²) >= 11 is 0. The third-order valence-electron chi connectivity index (χ3n) is 4.85. The van der Waals surface area contributed by atoms with Gasteiger partial charge in [-0.05, 0) is 61.4 Å². The van der Waals surface area contributed by atoms with Crippen LogP contribution in [0.3, 0.4) is 0 Å². The predicted octanol–water partition coefficient (Wildman–Crippen LogP) is 3.33. The van der Waals surface area contributed by atoms with Crippen LogP contribution < -0.4 is 21.7 Å². The van der Waals surface area contributed by atoms with Gasteiger partial charge >= 0.3 is 0 Å². The molecule has 9 nitrogen and oxygen atoms in total. The van der Waals surface area contributed by atoms with E-state index in [0.29, 0.717) is 69.5 Å². The predicted molar refractivity (Wildman–Crippen MR) is 145 cm³/mol. The molecule has 0 aliphatic rings. The number of hydrogen-bond donors (Lipinski definition) is 4. The Hall–Kier alpha value is -3.14. The van der Waals surface area contributed by atoms with Crippen molar-refractivity contribution < 1.29 is 23.8 Å². The van der Waals surface area contributed by atoms with Crippen LogP contribution in [-0.2, 0) is 14.2 Å². The Kier molecular flexibility index (Phi) is 17.2. The first kappa shape index (κ1) is 30.9. The minimum absolute atomic E-state index is 0.0878. The van der Waals surface area contributed by atoms with Crippen LogP contribution in [0.25, 0.3) is 0 Å². The highest BCUT2D eigenvalue weighted by Crippen LogP contribution is 2.08. The van der Waals surface area contributed by atoms with Crippen molar-refractivity contribution >= 4 is 23.2 Å². The number of ether oxygens (including phenoxy) is 3. The molecule has 2 amide bonds. The second-order valence-electron chi connectivity index (χ2n) is 7.51. The Labute approximate surface area is 215 Å². The van der Waals surface area contributed by atoms with Crippen LogP contribution >= 0.6 is 0 Å². The fourth-order valence-corrected chi connectivity index (χ4v) is 2.92. The van der Waals surface area contributed by atoms with Crippen LogP contribution in [0.1, 0.15) is 47.4 Å². The number of benzene rings is 2. The summed E-state index contributed by atoms with van der Waals surface area (Å²) in [5, 5.41) is 8.74. The molecule has 2 aromatic rings. The van der Waals surface area contributed by atoms with Gasteiger partial charge in [0.05, 0.1) is 26.4 Å². The molecule has 5 N–H and O–H groups in total. The van der Waals surface area contributed by atoms with Crippen LogP contribution in [0.15, 0.2) is 48.5 Å². The number of nitrogens with one attached hydrogen (secondary N) is 3. The largest absolute Gasteiger partial charge is 0.399 e. The summed E-state index contributed by atoms with van der Waals surface area (Å²) in [4.78, 5) is 24.0. The van der Waals surface area contributed by atoms with Gasteiger partial charge in [0.15, 0.2) is 0 Å². The molecule has 2 aromatic carbocycles. The average molecular weight is 503 g/mol. The molecular formula is C27H42N4O5. The van der Waals surface area contributed by atoms with E-state index < -0.39 is 0 Å². The van der Waals surface area contributed by atoms with Gasteiger partial charge in [-0.25, -0.2) is 0 Å². The second-order valence-corrected chi connectivity index (χ2v) is 7.51. The summed E-state index contributed by atoms with van der Waals surface area (Å²) in [6.45, 7) is 8.18. The van der Waals surface area contributed by atoms with E-state index in [-0.39, 0.29) is 11.8 Å². The average Bonchev–Trinajstić information content (AvgIpc) is 2.92. The van der Waals surface area contributed by atoms with E-state index in [1.54, 1.807) is 36.4 Å². The van der Waals surface area contributed by atoms with Crippen molar-refractivity contribution in [2.24, 2.45) is 0 Å². The first-order valence-electron chi connectivity index (χ1n) is 12.5. The zero-order chi connectivity index (χ0) is 26.4. The molecule has 36 heavy (non-hydrogen) atoms. The SMILES string of the molecule is CC.CNc1ccc(C(=O)NCCCOCCOCCOCCCNC(=O)c2ccc(N)cc2)cc1. The number of rotatable bonds is 17. The van der Waals surface area contributed by atoms with Gasteiger partial charge in [-0.1, -0.05) is 13.8 Å². The minimum Gasteiger partial charge on any atom is -0.399 e. The minimum atomic E-state index is -0.120. The Morgan fingerprint density at radius 3 is 1.47 bits per heavy atom. The van der Waals surface area contributed by atoms with Gasteiger partial charge in [-0.3, -0.25) is 9.59 Å². The zero-order valence-corrected chi connectivity index (χ0v) is 21.8. The van der Waals surface area contributed by atoms with E-state index in [4.69, 9.17) is 19.9 Å². The Morgan fingerprint density at radius 1 is 0.667 bits per heavy atom. The molecule has 0 saturated heterocycles. The van der Waals surface area contributed by atoms with Gasteiger partial charge < -0.3 is 35.9 Å². The fourth-order valence-electron chi connectivity index (χ4n) is 2.92. The number of carbonyl (C=O) groups is 2. The molecule has 0 aliphatic carbocycles. The lowest BCUT2D eigenvalue weighted by atomic mass is 10.2. The van der Waals surface area contributed by atoms with Crippen molar-refractivity contribution in [1.29, 1.82) is 0 Å². The number of anilines is 2. The van der Waals surface area contributed by atoms with Crippen LogP contribution in [0.2, 0.25) is 0 Å². The third-order valence-corrected chi connectivity index (χ3v) is 4.85. The van der Waals surface area contributed by atoms with Crippen molar-refractivity contribution in [2.45, 2.75) is 26.7 Å². The molecule has 200 valence electrons. The molecule has 0 radical (unpaired) electrons. The van der Waals surface area contributed by atoms with E-state index in [2.05, 4.69) is 16.0 Å². The first-order valence-corrected chi connectivity index (χ1v) is 12.5. The number of nitrogens with two attached hydrogens (primary N) is 1. The van der Waals surface area contributed by atoms with Gasteiger partial charge in [-0.2, -0.15) is 0 Å². The summed E-state index contributed by atoms with van der Waals surface area (Å²) in [6, 6.07) is 14.1. The van der Waals surface area contributed by atoms with E-state index in [0.717, 1.165) is 18.5 Å². The molecule has 0 spiro atoms. The molecule has 9 heteroatoms.